The summed E-state index contributed by atoms with van der Waals surface area (Å²) >= 11 is 0. The number of hydrogen-bond acceptors (Lipinski definition) is 2. The van der Waals surface area contributed by atoms with Gasteiger partial charge in [0.05, 0.1) is 11.0 Å². The quantitative estimate of drug-likeness (QED) is 0.151. The minimum atomic E-state index is -0.245. The van der Waals surface area contributed by atoms with Crippen molar-refractivity contribution in [3.8, 4) is 61.3 Å². The second-order valence-electron chi connectivity index (χ2n) is 19.7. The zero-order chi connectivity index (χ0) is 47.9. The second-order valence-corrected chi connectivity index (χ2v) is 19.7. The topological polar surface area (TPSA) is 21.3 Å². The number of anilines is 3. The van der Waals surface area contributed by atoms with Gasteiger partial charge in [-0.15, -0.1) is 0 Å². The highest BCUT2D eigenvalue weighted by Gasteiger charge is 2.36. The van der Waals surface area contributed by atoms with Crippen LogP contribution in [0.2, 0.25) is 0 Å². The maximum atomic E-state index is 6.18. The van der Waals surface area contributed by atoms with E-state index < -0.39 is 0 Å². The fourth-order valence-corrected chi connectivity index (χ4v) is 11.5. The minimum Gasteiger partial charge on any atom is -0.456 e. The van der Waals surface area contributed by atoms with Crippen molar-refractivity contribution in [2.75, 3.05) is 4.90 Å². The van der Waals surface area contributed by atoms with Crippen LogP contribution >= 0.6 is 0 Å². The third kappa shape index (κ3) is 6.81. The molecule has 0 aliphatic heterocycles. The van der Waals surface area contributed by atoms with Gasteiger partial charge >= 0.3 is 0 Å². The lowest BCUT2D eigenvalue weighted by Crippen LogP contribution is -2.16. The fraction of sp³-hybridized carbons (Fsp3) is 0.0435. The molecule has 72 heavy (non-hydrogen) atoms. The summed E-state index contributed by atoms with van der Waals surface area (Å²) in [5.41, 5.74) is 23.3. The van der Waals surface area contributed by atoms with Crippen LogP contribution in [0.3, 0.4) is 0 Å². The van der Waals surface area contributed by atoms with Crippen molar-refractivity contribution >= 4 is 60.8 Å². The molecule has 0 fully saturated rings. The molecule has 0 spiro atoms. The van der Waals surface area contributed by atoms with Crippen LogP contribution in [0, 0.1) is 0 Å². The Morgan fingerprint density at radius 2 is 0.764 bits per heavy atom. The van der Waals surface area contributed by atoms with Crippen LogP contribution in [-0.2, 0) is 5.41 Å². The van der Waals surface area contributed by atoms with Gasteiger partial charge in [-0.25, -0.2) is 0 Å². The second kappa shape index (κ2) is 16.5. The highest BCUT2D eigenvalue weighted by Crippen LogP contribution is 2.52. The molecule has 340 valence electrons. The molecule has 13 aromatic rings. The zero-order valence-electron chi connectivity index (χ0n) is 40.1. The largest absolute Gasteiger partial charge is 0.456 e. The molecule has 11 aromatic carbocycles. The van der Waals surface area contributed by atoms with E-state index in [1.807, 2.05) is 12.1 Å². The smallest absolute Gasteiger partial charge is 0.135 e. The van der Waals surface area contributed by atoms with E-state index in [-0.39, 0.29) is 5.41 Å². The van der Waals surface area contributed by atoms with Gasteiger partial charge in [-0.2, -0.15) is 0 Å². The van der Waals surface area contributed by atoms with E-state index in [9.17, 15) is 0 Å². The van der Waals surface area contributed by atoms with Crippen LogP contribution in [0.1, 0.15) is 25.0 Å². The lowest BCUT2D eigenvalue weighted by molar-refractivity contribution is 0.660. The molecule has 0 unspecified atom stereocenters. The van der Waals surface area contributed by atoms with Gasteiger partial charge in [-0.3, -0.25) is 0 Å². The molecular formula is C69H48N2O. The lowest BCUT2D eigenvalue weighted by atomic mass is 9.81. The molecule has 1 aliphatic carbocycles. The molecule has 1 aliphatic rings. The third-order valence-corrected chi connectivity index (χ3v) is 15.2. The van der Waals surface area contributed by atoms with Gasteiger partial charge in [0.1, 0.15) is 11.2 Å². The number of rotatable bonds is 8. The molecule has 0 atom stereocenters. The minimum absolute atomic E-state index is 0.245. The predicted octanol–water partition coefficient (Wildman–Crippen LogP) is 19.1. The van der Waals surface area contributed by atoms with Crippen molar-refractivity contribution < 1.29 is 4.42 Å². The average Bonchev–Trinajstić information content (AvgIpc) is 4.06. The number of hydrogen-bond donors (Lipinski definition) is 0. The van der Waals surface area contributed by atoms with Crippen LogP contribution in [0.25, 0.3) is 105 Å². The van der Waals surface area contributed by atoms with Crippen molar-refractivity contribution in [2.24, 2.45) is 0 Å². The molecule has 3 heteroatoms. The lowest BCUT2D eigenvalue weighted by Gasteiger charge is -2.28. The molecule has 3 nitrogen and oxygen atoms in total. The van der Waals surface area contributed by atoms with Crippen LogP contribution in [-0.4, -0.2) is 4.57 Å². The van der Waals surface area contributed by atoms with Crippen LogP contribution < -0.4 is 4.90 Å². The van der Waals surface area contributed by atoms with Gasteiger partial charge in [0.2, 0.25) is 0 Å². The van der Waals surface area contributed by atoms with Crippen molar-refractivity contribution in [2.45, 2.75) is 19.3 Å². The summed E-state index contributed by atoms with van der Waals surface area (Å²) in [7, 11) is 0. The van der Waals surface area contributed by atoms with Crippen LogP contribution in [0.5, 0.6) is 0 Å². The van der Waals surface area contributed by atoms with E-state index >= 15 is 0 Å². The number of para-hydroxylation sites is 3. The number of nitrogens with zero attached hydrogens (tertiary/aromatic N) is 2. The molecule has 0 bridgehead atoms. The van der Waals surface area contributed by atoms with E-state index in [0.29, 0.717) is 0 Å². The molecule has 0 radical (unpaired) electrons. The summed E-state index contributed by atoms with van der Waals surface area (Å²) in [4.78, 5) is 2.41. The van der Waals surface area contributed by atoms with E-state index in [1.54, 1.807) is 0 Å². The molecule has 2 aromatic heterocycles. The van der Waals surface area contributed by atoms with E-state index in [4.69, 9.17) is 4.42 Å². The predicted molar refractivity (Wildman–Crippen MR) is 302 cm³/mol. The number of benzene rings is 11. The Bertz CT molecular complexity index is 4200. The Hall–Kier alpha value is -9.18. The van der Waals surface area contributed by atoms with E-state index in [2.05, 4.69) is 266 Å². The van der Waals surface area contributed by atoms with Crippen LogP contribution in [0.4, 0.5) is 17.1 Å². The van der Waals surface area contributed by atoms with Gasteiger partial charge in [0.25, 0.3) is 0 Å². The van der Waals surface area contributed by atoms with Crippen molar-refractivity contribution in [1.82, 2.24) is 4.57 Å². The molecule has 2 heterocycles. The first-order valence-corrected chi connectivity index (χ1v) is 24.9. The highest BCUT2D eigenvalue weighted by atomic mass is 16.3. The first-order chi connectivity index (χ1) is 35.4. The normalized spacial score (nSPS) is 12.7. The number of fused-ring (bicyclic) bond motifs is 9. The Morgan fingerprint density at radius 1 is 0.319 bits per heavy atom. The summed E-state index contributed by atoms with van der Waals surface area (Å²) in [6.07, 6.45) is 0. The Kier molecular flexibility index (Phi) is 9.56. The SMILES string of the molecule is CC1(C)c2cc(-c3ccc4c(c3)c3ccccc3n4-c3ccccc3)ccc2-c2ccc(N(c3ccc(-c4ccc(-c5ccccc5)cc4)cc3)c3ccc(-c4ccc5oc6ccccc6c5c4)cc3)cc21. The molecule has 0 amide bonds. The first-order valence-electron chi connectivity index (χ1n) is 24.9. The summed E-state index contributed by atoms with van der Waals surface area (Å²) in [5, 5.41) is 4.78. The maximum absolute atomic E-state index is 6.18. The van der Waals surface area contributed by atoms with Gasteiger partial charge in [0, 0.05) is 49.7 Å². The summed E-state index contributed by atoms with van der Waals surface area (Å²) in [6, 6.07) is 92.9. The first kappa shape index (κ1) is 41.8. The number of aromatic nitrogens is 1. The van der Waals surface area contributed by atoms with Gasteiger partial charge in [-0.05, 0) is 158 Å². The van der Waals surface area contributed by atoms with E-state index in [1.165, 1.54) is 83.1 Å². The fourth-order valence-electron chi connectivity index (χ4n) is 11.5. The van der Waals surface area contributed by atoms with Crippen molar-refractivity contribution in [3.63, 3.8) is 0 Å². The monoisotopic (exact) mass is 920 g/mol. The Labute approximate surface area is 419 Å². The van der Waals surface area contributed by atoms with Gasteiger partial charge in [0.15, 0.2) is 0 Å². The Balaban J connectivity index is 0.832. The standard InChI is InChI=1S/C69H48N2O/c1-69(2)63-43-52(51-30-39-66-61(41-51)59-17-9-11-19-65(59)71(66)53-15-7-4-8-16-53)29-37-57(63)58-38-36-56(44-64(58)69)70(54-32-25-48(26-33-54)47-23-21-46(22-24-47)45-13-5-3-6-14-45)55-34-27-49(28-35-55)50-31-40-68-62(42-50)60-18-10-12-20-67(60)72-68/h3-44H,1-2H3. The summed E-state index contributed by atoms with van der Waals surface area (Å²) < 4.78 is 8.56. The summed E-state index contributed by atoms with van der Waals surface area (Å²) in [6.45, 7) is 4.78. The molecule has 0 N–H and O–H groups in total. The van der Waals surface area contributed by atoms with Crippen molar-refractivity contribution in [1.29, 1.82) is 0 Å². The Morgan fingerprint density at radius 3 is 1.47 bits per heavy atom. The maximum Gasteiger partial charge on any atom is 0.135 e. The number of furan rings is 1. The molecule has 14 rings (SSSR count). The third-order valence-electron chi connectivity index (χ3n) is 15.2. The van der Waals surface area contributed by atoms with E-state index in [0.717, 1.165) is 50.1 Å². The highest BCUT2D eigenvalue weighted by molar-refractivity contribution is 6.11. The molecular weight excluding hydrogens is 873 g/mol. The zero-order valence-corrected chi connectivity index (χ0v) is 40.1. The van der Waals surface area contributed by atoms with Gasteiger partial charge in [-0.1, -0.05) is 178 Å². The molecule has 0 saturated heterocycles. The summed E-state index contributed by atoms with van der Waals surface area (Å²) in [5.74, 6) is 0. The van der Waals surface area contributed by atoms with Crippen molar-refractivity contribution in [3.05, 3.63) is 266 Å². The molecule has 0 saturated carbocycles. The van der Waals surface area contributed by atoms with Gasteiger partial charge < -0.3 is 13.9 Å². The van der Waals surface area contributed by atoms with Crippen LogP contribution in [0.15, 0.2) is 259 Å². The average molecular weight is 921 g/mol.